The van der Waals surface area contributed by atoms with Crippen molar-refractivity contribution in [3.05, 3.63) is 58.7 Å². The Hall–Kier alpha value is -2.07. The van der Waals surface area contributed by atoms with Crippen molar-refractivity contribution in [1.29, 1.82) is 0 Å². The summed E-state index contributed by atoms with van der Waals surface area (Å²) in [6.45, 7) is 0.468. The fourth-order valence-corrected chi connectivity index (χ4v) is 1.96. The lowest BCUT2D eigenvalue weighted by molar-refractivity contribution is 0.0779. The number of hydrogen-bond acceptors (Lipinski definition) is 3. The Labute approximate surface area is 116 Å². The van der Waals surface area contributed by atoms with Crippen LogP contribution in [-0.4, -0.2) is 22.8 Å². The Morgan fingerprint density at radius 1 is 1.32 bits per heavy atom. The standard InChI is InChI=1S/C14H14ClN3O/c1-18(9-10-4-2-5-11(15)8-10)14(19)12-6-3-7-13(16)17-12/h2-8H,9H2,1H3,(H2,16,17). The van der Waals surface area contributed by atoms with Gasteiger partial charge >= 0.3 is 0 Å². The molecule has 2 aromatic rings. The molecule has 0 unspecified atom stereocenters. The third-order valence-electron chi connectivity index (χ3n) is 2.65. The van der Waals surface area contributed by atoms with Crippen molar-refractivity contribution in [2.24, 2.45) is 0 Å². The van der Waals surface area contributed by atoms with Gasteiger partial charge < -0.3 is 10.6 Å². The number of pyridine rings is 1. The number of carbonyl (C=O) groups is 1. The first-order chi connectivity index (χ1) is 9.06. The van der Waals surface area contributed by atoms with Crippen LogP contribution in [0.4, 0.5) is 5.82 Å². The summed E-state index contributed by atoms with van der Waals surface area (Å²) in [4.78, 5) is 17.8. The van der Waals surface area contributed by atoms with Gasteiger partial charge in [0.25, 0.3) is 5.91 Å². The third-order valence-corrected chi connectivity index (χ3v) is 2.88. The number of nitrogens with two attached hydrogens (primary N) is 1. The lowest BCUT2D eigenvalue weighted by Crippen LogP contribution is -2.27. The Kier molecular flexibility index (Phi) is 4.02. The molecule has 4 nitrogen and oxygen atoms in total. The number of benzene rings is 1. The Balaban J connectivity index is 2.12. The van der Waals surface area contributed by atoms with Gasteiger partial charge in [0.05, 0.1) is 0 Å². The van der Waals surface area contributed by atoms with E-state index in [1.165, 1.54) is 0 Å². The minimum Gasteiger partial charge on any atom is -0.384 e. The molecule has 0 aliphatic carbocycles. The molecular weight excluding hydrogens is 262 g/mol. The molecule has 0 fully saturated rings. The summed E-state index contributed by atoms with van der Waals surface area (Å²) < 4.78 is 0. The van der Waals surface area contributed by atoms with E-state index in [9.17, 15) is 4.79 Å². The van der Waals surface area contributed by atoms with Crippen molar-refractivity contribution in [3.8, 4) is 0 Å². The maximum Gasteiger partial charge on any atom is 0.272 e. The van der Waals surface area contributed by atoms with E-state index in [-0.39, 0.29) is 5.91 Å². The highest BCUT2D eigenvalue weighted by Crippen LogP contribution is 2.13. The van der Waals surface area contributed by atoms with Crippen molar-refractivity contribution in [2.45, 2.75) is 6.54 Å². The number of rotatable bonds is 3. The van der Waals surface area contributed by atoms with E-state index in [1.807, 2.05) is 18.2 Å². The number of anilines is 1. The molecule has 1 aromatic carbocycles. The minimum absolute atomic E-state index is 0.174. The first-order valence-corrected chi connectivity index (χ1v) is 6.16. The quantitative estimate of drug-likeness (QED) is 0.937. The summed E-state index contributed by atoms with van der Waals surface area (Å²) in [6, 6.07) is 12.4. The van der Waals surface area contributed by atoms with E-state index in [2.05, 4.69) is 4.98 Å². The minimum atomic E-state index is -0.174. The van der Waals surface area contributed by atoms with Gasteiger partial charge in [0.15, 0.2) is 0 Å². The van der Waals surface area contributed by atoms with Gasteiger partial charge in [0.2, 0.25) is 0 Å². The van der Waals surface area contributed by atoms with Gasteiger partial charge in [0, 0.05) is 18.6 Å². The normalized spacial score (nSPS) is 10.2. The molecule has 19 heavy (non-hydrogen) atoms. The number of aromatic nitrogens is 1. The van der Waals surface area contributed by atoms with Crippen molar-refractivity contribution in [1.82, 2.24) is 9.88 Å². The third kappa shape index (κ3) is 3.45. The van der Waals surface area contributed by atoms with Gasteiger partial charge in [0.1, 0.15) is 11.5 Å². The number of nitrogen functional groups attached to an aromatic ring is 1. The van der Waals surface area contributed by atoms with E-state index in [4.69, 9.17) is 17.3 Å². The number of carbonyl (C=O) groups excluding carboxylic acids is 1. The van der Waals surface area contributed by atoms with Gasteiger partial charge in [-0.1, -0.05) is 29.8 Å². The van der Waals surface area contributed by atoms with Crippen LogP contribution in [-0.2, 0) is 6.54 Å². The van der Waals surface area contributed by atoms with E-state index < -0.39 is 0 Å². The molecule has 1 aromatic heterocycles. The molecule has 98 valence electrons. The fourth-order valence-electron chi connectivity index (χ4n) is 1.75. The van der Waals surface area contributed by atoms with Crippen molar-refractivity contribution < 1.29 is 4.79 Å². The van der Waals surface area contributed by atoms with Crippen LogP contribution in [0, 0.1) is 0 Å². The molecule has 0 bridgehead atoms. The van der Waals surface area contributed by atoms with Gasteiger partial charge in [-0.15, -0.1) is 0 Å². The van der Waals surface area contributed by atoms with Crippen molar-refractivity contribution in [3.63, 3.8) is 0 Å². The van der Waals surface area contributed by atoms with Crippen LogP contribution >= 0.6 is 11.6 Å². The highest BCUT2D eigenvalue weighted by Gasteiger charge is 2.13. The van der Waals surface area contributed by atoms with E-state index >= 15 is 0 Å². The second kappa shape index (κ2) is 5.71. The van der Waals surface area contributed by atoms with Crippen molar-refractivity contribution in [2.75, 3.05) is 12.8 Å². The average Bonchev–Trinajstić information content (AvgIpc) is 2.38. The summed E-state index contributed by atoms with van der Waals surface area (Å²) >= 11 is 5.91. The second-order valence-corrected chi connectivity index (χ2v) is 4.68. The molecule has 2 N–H and O–H groups in total. The Bertz CT molecular complexity index is 601. The first kappa shape index (κ1) is 13.4. The van der Waals surface area contributed by atoms with Gasteiger partial charge in [-0.2, -0.15) is 0 Å². The largest absolute Gasteiger partial charge is 0.384 e. The SMILES string of the molecule is CN(Cc1cccc(Cl)c1)C(=O)c1cccc(N)n1. The molecule has 0 saturated heterocycles. The van der Waals surface area contributed by atoms with Crippen LogP contribution in [0.15, 0.2) is 42.5 Å². The smallest absolute Gasteiger partial charge is 0.272 e. The number of nitrogens with zero attached hydrogens (tertiary/aromatic N) is 2. The number of amides is 1. The van der Waals surface area contributed by atoms with Crippen LogP contribution in [0.3, 0.4) is 0 Å². The zero-order valence-electron chi connectivity index (χ0n) is 10.5. The first-order valence-electron chi connectivity index (χ1n) is 5.78. The maximum atomic E-state index is 12.2. The highest BCUT2D eigenvalue weighted by atomic mass is 35.5. The van der Waals surface area contributed by atoms with E-state index in [0.29, 0.717) is 23.1 Å². The summed E-state index contributed by atoms with van der Waals surface area (Å²) in [6.07, 6.45) is 0. The van der Waals surface area contributed by atoms with Crippen LogP contribution in [0.2, 0.25) is 5.02 Å². The molecule has 0 aliphatic rings. The molecule has 0 radical (unpaired) electrons. The average molecular weight is 276 g/mol. The molecule has 5 heteroatoms. The van der Waals surface area contributed by atoms with Crippen molar-refractivity contribution >= 4 is 23.3 Å². The highest BCUT2D eigenvalue weighted by molar-refractivity contribution is 6.30. The monoisotopic (exact) mass is 275 g/mol. The fraction of sp³-hybridized carbons (Fsp3) is 0.143. The van der Waals surface area contributed by atoms with E-state index in [0.717, 1.165) is 5.56 Å². The Morgan fingerprint density at radius 3 is 2.74 bits per heavy atom. The van der Waals surface area contributed by atoms with Gasteiger partial charge in [-0.3, -0.25) is 4.79 Å². The molecule has 1 amide bonds. The summed E-state index contributed by atoms with van der Waals surface area (Å²) in [5.74, 6) is 0.161. The molecule has 0 atom stereocenters. The molecule has 1 heterocycles. The van der Waals surface area contributed by atoms with Gasteiger partial charge in [-0.05, 0) is 29.8 Å². The summed E-state index contributed by atoms with van der Waals surface area (Å²) in [5.41, 5.74) is 6.87. The maximum absolute atomic E-state index is 12.2. The molecule has 0 saturated carbocycles. The van der Waals surface area contributed by atoms with Gasteiger partial charge in [-0.25, -0.2) is 4.98 Å². The predicted octanol–water partition coefficient (Wildman–Crippen LogP) is 2.59. The number of halogens is 1. The van der Waals surface area contributed by atoms with Crippen LogP contribution in [0.25, 0.3) is 0 Å². The molecule has 0 spiro atoms. The topological polar surface area (TPSA) is 59.2 Å². The second-order valence-electron chi connectivity index (χ2n) is 4.24. The Morgan fingerprint density at radius 2 is 2.05 bits per heavy atom. The van der Waals surface area contributed by atoms with Crippen LogP contribution < -0.4 is 5.73 Å². The zero-order chi connectivity index (χ0) is 13.8. The molecular formula is C14H14ClN3O. The predicted molar refractivity (Wildman–Crippen MR) is 75.9 cm³/mol. The molecule has 2 rings (SSSR count). The lowest BCUT2D eigenvalue weighted by atomic mass is 10.2. The summed E-state index contributed by atoms with van der Waals surface area (Å²) in [7, 11) is 1.72. The molecule has 0 aliphatic heterocycles. The number of hydrogen-bond donors (Lipinski definition) is 1. The van der Waals surface area contributed by atoms with Crippen LogP contribution in [0.5, 0.6) is 0 Å². The summed E-state index contributed by atoms with van der Waals surface area (Å²) in [5, 5.41) is 0.653. The zero-order valence-corrected chi connectivity index (χ0v) is 11.3. The lowest BCUT2D eigenvalue weighted by Gasteiger charge is -2.17. The van der Waals surface area contributed by atoms with E-state index in [1.54, 1.807) is 36.2 Å². The van der Waals surface area contributed by atoms with Crippen LogP contribution in [0.1, 0.15) is 16.1 Å².